The van der Waals surface area contributed by atoms with Crippen LogP contribution < -0.4 is 0 Å². The van der Waals surface area contributed by atoms with Gasteiger partial charge in [0.2, 0.25) is 0 Å². The van der Waals surface area contributed by atoms with E-state index < -0.39 is 0 Å². The Morgan fingerprint density at radius 2 is 0.667 bits per heavy atom. The maximum Gasteiger partial charge on any atom is -0.0378 e. The van der Waals surface area contributed by atoms with Crippen molar-refractivity contribution in [2.75, 3.05) is 0 Å². The molecule has 0 bridgehead atoms. The van der Waals surface area contributed by atoms with E-state index in [4.69, 9.17) is 0 Å². The molecule has 0 N–H and O–H groups in total. The molecule has 0 saturated heterocycles. The summed E-state index contributed by atoms with van der Waals surface area (Å²) in [6.07, 6.45) is 5.20. The van der Waals surface area contributed by atoms with Gasteiger partial charge in [-0.2, -0.15) is 0 Å². The molecule has 0 saturated carbocycles. The van der Waals surface area contributed by atoms with Crippen LogP contribution in [0, 0.1) is 16.2 Å². The summed E-state index contributed by atoms with van der Waals surface area (Å²) >= 11 is 0. The lowest BCUT2D eigenvalue weighted by Gasteiger charge is -2.28. The summed E-state index contributed by atoms with van der Waals surface area (Å²) in [6.45, 7) is 27.0. The third-order valence-corrected chi connectivity index (χ3v) is 2.62. The molecule has 0 amide bonds. The summed E-state index contributed by atoms with van der Waals surface area (Å²) in [4.78, 5) is 0. The molecule has 136 valence electrons. The van der Waals surface area contributed by atoms with Crippen LogP contribution >= 0.6 is 0 Å². The van der Waals surface area contributed by atoms with Crippen LogP contribution in [0.4, 0.5) is 0 Å². The van der Waals surface area contributed by atoms with E-state index in [-0.39, 0.29) is 14.9 Å². The standard InChI is InChI=1S/C9H20.C6H14.C4H10.2CH4/c1-8(2,3)7-9(4,5)6;1-5-6(2,3)4;1-3-4-2;;/h7H2,1-6H3;5H2,1-4H3;3-4H2,1-2H3;2*1H4. The molecule has 0 rings (SSSR count). The van der Waals surface area contributed by atoms with E-state index in [1.165, 1.54) is 25.7 Å². The van der Waals surface area contributed by atoms with E-state index in [9.17, 15) is 0 Å². The average Bonchev–Trinajstić information content (AvgIpc) is 2.12. The maximum absolute atomic E-state index is 2.29. The molecule has 0 spiro atoms. The van der Waals surface area contributed by atoms with E-state index in [2.05, 4.69) is 83.1 Å². The SMILES string of the molecule is C.C.CC(C)(C)CC(C)(C)C.CCC(C)(C)C.CCCC. The van der Waals surface area contributed by atoms with E-state index in [1.807, 2.05) is 0 Å². The fraction of sp³-hybridized carbons (Fsp3) is 1.00. The monoisotopic (exact) mass is 304 g/mol. The van der Waals surface area contributed by atoms with E-state index in [0.29, 0.717) is 16.2 Å². The first-order valence-corrected chi connectivity index (χ1v) is 8.18. The van der Waals surface area contributed by atoms with Crippen molar-refractivity contribution in [3.8, 4) is 0 Å². The van der Waals surface area contributed by atoms with E-state index in [1.54, 1.807) is 0 Å². The van der Waals surface area contributed by atoms with Crippen molar-refractivity contribution in [3.63, 3.8) is 0 Å². The molecule has 0 aromatic rings. The predicted octanol–water partition coefficient (Wildman–Crippen LogP) is 8.99. The first-order valence-electron chi connectivity index (χ1n) is 8.18. The Bertz CT molecular complexity index is 154. The van der Waals surface area contributed by atoms with E-state index >= 15 is 0 Å². The first kappa shape index (κ1) is 32.8. The largest absolute Gasteiger partial charge is 0.0776 e. The van der Waals surface area contributed by atoms with Gasteiger partial charge in [0.25, 0.3) is 0 Å². The molecule has 21 heavy (non-hydrogen) atoms. The molecule has 0 radical (unpaired) electrons. The van der Waals surface area contributed by atoms with Crippen molar-refractivity contribution in [3.05, 3.63) is 0 Å². The minimum absolute atomic E-state index is 0. The smallest absolute Gasteiger partial charge is 0.0378 e. The second-order valence-electron chi connectivity index (χ2n) is 9.21. The summed E-state index contributed by atoms with van der Waals surface area (Å²) < 4.78 is 0. The lowest BCUT2D eigenvalue weighted by atomic mass is 9.78. The fourth-order valence-corrected chi connectivity index (χ4v) is 1.59. The van der Waals surface area contributed by atoms with Crippen LogP contribution in [0.25, 0.3) is 0 Å². The minimum Gasteiger partial charge on any atom is -0.0776 e. The Hall–Kier alpha value is 0. The number of rotatable bonds is 1. The third kappa shape index (κ3) is 64.8. The van der Waals surface area contributed by atoms with Crippen molar-refractivity contribution in [1.82, 2.24) is 0 Å². The van der Waals surface area contributed by atoms with Crippen LogP contribution in [0.5, 0.6) is 0 Å². The number of unbranched alkanes of at least 4 members (excludes halogenated alkanes) is 1. The summed E-state index contributed by atoms with van der Waals surface area (Å²) in [7, 11) is 0. The highest BCUT2D eigenvalue weighted by Gasteiger charge is 2.20. The summed E-state index contributed by atoms with van der Waals surface area (Å²) in [5.41, 5.74) is 1.51. The van der Waals surface area contributed by atoms with Crippen LogP contribution in [0.1, 0.15) is 124 Å². The van der Waals surface area contributed by atoms with Crippen molar-refractivity contribution in [1.29, 1.82) is 0 Å². The van der Waals surface area contributed by atoms with Gasteiger partial charge in [-0.05, 0) is 22.7 Å². The van der Waals surface area contributed by atoms with Gasteiger partial charge in [-0.15, -0.1) is 0 Å². The van der Waals surface area contributed by atoms with Crippen molar-refractivity contribution >= 4 is 0 Å². The predicted molar refractivity (Wildman–Crippen MR) is 107 cm³/mol. The maximum atomic E-state index is 2.29. The lowest BCUT2D eigenvalue weighted by molar-refractivity contribution is 0.233. The molecule has 0 aliphatic rings. The van der Waals surface area contributed by atoms with Gasteiger partial charge in [0.1, 0.15) is 0 Å². The minimum atomic E-state index is 0. The van der Waals surface area contributed by atoms with E-state index in [0.717, 1.165) is 0 Å². The molecule has 0 aliphatic heterocycles. The zero-order valence-electron chi connectivity index (χ0n) is 16.3. The van der Waals surface area contributed by atoms with Gasteiger partial charge in [-0.1, -0.05) is 117 Å². The van der Waals surface area contributed by atoms with Gasteiger partial charge in [0.05, 0.1) is 0 Å². The fourth-order valence-electron chi connectivity index (χ4n) is 1.59. The van der Waals surface area contributed by atoms with Crippen LogP contribution in [0.2, 0.25) is 0 Å². The third-order valence-electron chi connectivity index (χ3n) is 2.62. The molecular weight excluding hydrogens is 252 g/mol. The van der Waals surface area contributed by atoms with Gasteiger partial charge < -0.3 is 0 Å². The van der Waals surface area contributed by atoms with Gasteiger partial charge in [0, 0.05) is 0 Å². The normalized spacial score (nSPS) is 10.9. The average molecular weight is 305 g/mol. The Morgan fingerprint density at radius 1 is 0.476 bits per heavy atom. The molecular formula is C21H52. The second kappa shape index (κ2) is 14.9. The van der Waals surface area contributed by atoms with Gasteiger partial charge >= 0.3 is 0 Å². The molecule has 0 fully saturated rings. The lowest BCUT2D eigenvalue weighted by Crippen LogP contribution is -2.16. The Labute approximate surface area is 140 Å². The highest BCUT2D eigenvalue weighted by atomic mass is 14.3. The molecule has 0 aromatic heterocycles. The topological polar surface area (TPSA) is 0 Å². The molecule has 0 aliphatic carbocycles. The van der Waals surface area contributed by atoms with Crippen molar-refractivity contribution < 1.29 is 0 Å². The Balaban J connectivity index is -0.0000000627. The highest BCUT2D eigenvalue weighted by molar-refractivity contribution is 4.71. The zero-order chi connectivity index (χ0) is 16.3. The van der Waals surface area contributed by atoms with Crippen LogP contribution in [0.3, 0.4) is 0 Å². The van der Waals surface area contributed by atoms with Crippen molar-refractivity contribution in [2.24, 2.45) is 16.2 Å². The summed E-state index contributed by atoms with van der Waals surface area (Å²) in [5, 5.41) is 0. The summed E-state index contributed by atoms with van der Waals surface area (Å²) in [6, 6.07) is 0. The molecule has 0 heterocycles. The summed E-state index contributed by atoms with van der Waals surface area (Å²) in [5.74, 6) is 0. The molecule has 0 nitrogen and oxygen atoms in total. The Kier molecular flexibility index (Phi) is 23.3. The quantitative estimate of drug-likeness (QED) is 0.453. The van der Waals surface area contributed by atoms with Crippen LogP contribution in [-0.4, -0.2) is 0 Å². The molecule has 0 unspecified atom stereocenters. The number of hydrogen-bond acceptors (Lipinski definition) is 0. The zero-order valence-corrected chi connectivity index (χ0v) is 16.3. The van der Waals surface area contributed by atoms with Gasteiger partial charge in [-0.3, -0.25) is 0 Å². The number of hydrogen-bond donors (Lipinski definition) is 0. The second-order valence-corrected chi connectivity index (χ2v) is 9.21. The first-order chi connectivity index (χ1) is 8.18. The molecule has 0 heteroatoms. The molecule has 0 atom stereocenters. The van der Waals surface area contributed by atoms with Crippen LogP contribution in [-0.2, 0) is 0 Å². The van der Waals surface area contributed by atoms with Crippen molar-refractivity contribution in [2.45, 2.75) is 124 Å². The Morgan fingerprint density at radius 3 is 0.667 bits per heavy atom. The molecule has 0 aromatic carbocycles. The highest BCUT2D eigenvalue weighted by Crippen LogP contribution is 2.31. The van der Waals surface area contributed by atoms with Gasteiger partial charge in [-0.25, -0.2) is 0 Å². The van der Waals surface area contributed by atoms with Crippen LogP contribution in [0.15, 0.2) is 0 Å². The van der Waals surface area contributed by atoms with Gasteiger partial charge in [0.15, 0.2) is 0 Å².